The van der Waals surface area contributed by atoms with E-state index >= 15 is 0 Å². The van der Waals surface area contributed by atoms with Crippen LogP contribution in [0.3, 0.4) is 0 Å². The van der Waals surface area contributed by atoms with Crippen LogP contribution in [0.25, 0.3) is 10.9 Å². The number of ether oxygens (including phenoxy) is 2. The van der Waals surface area contributed by atoms with Gasteiger partial charge in [-0.05, 0) is 60.2 Å². The Balaban J connectivity index is 1.73. The Morgan fingerprint density at radius 1 is 1.06 bits per heavy atom. The number of nitrogens with zero attached hydrogens (tertiary/aromatic N) is 1. The summed E-state index contributed by atoms with van der Waals surface area (Å²) in [6.07, 6.45) is -0.406. The van der Waals surface area contributed by atoms with Gasteiger partial charge in [0.1, 0.15) is 0 Å². The SMILES string of the molecule is Cc1cc(C)c2cc(CN(CC3COCCO3)S(=O)(=O)c3ccc(C(C)(C)C)cc3)c(=O)[nH]c2c1. The molecule has 1 N–H and O–H groups in total. The Morgan fingerprint density at radius 2 is 1.77 bits per heavy atom. The minimum atomic E-state index is -3.90. The van der Waals surface area contributed by atoms with E-state index in [1.54, 1.807) is 18.2 Å². The first-order valence-corrected chi connectivity index (χ1v) is 13.3. The molecule has 8 heteroatoms. The maximum Gasteiger partial charge on any atom is 0.252 e. The highest BCUT2D eigenvalue weighted by molar-refractivity contribution is 7.89. The summed E-state index contributed by atoms with van der Waals surface area (Å²) in [5.41, 5.74) is 3.85. The maximum atomic E-state index is 13.8. The molecule has 1 saturated heterocycles. The van der Waals surface area contributed by atoms with Crippen LogP contribution < -0.4 is 5.56 Å². The number of aryl methyl sites for hydroxylation is 2. The number of hydrogen-bond acceptors (Lipinski definition) is 5. The molecule has 0 spiro atoms. The molecule has 2 aromatic carbocycles. The molecule has 1 aliphatic heterocycles. The number of rotatable bonds is 6. The minimum Gasteiger partial charge on any atom is -0.376 e. The summed E-state index contributed by atoms with van der Waals surface area (Å²) >= 11 is 0. The van der Waals surface area contributed by atoms with E-state index in [1.807, 2.05) is 38.1 Å². The van der Waals surface area contributed by atoms with Crippen molar-refractivity contribution in [1.29, 1.82) is 0 Å². The monoisotopic (exact) mass is 498 g/mol. The number of aromatic nitrogens is 1. The van der Waals surface area contributed by atoms with Crippen molar-refractivity contribution >= 4 is 20.9 Å². The van der Waals surface area contributed by atoms with Crippen molar-refractivity contribution in [3.8, 4) is 0 Å². The molecule has 7 nitrogen and oxygen atoms in total. The van der Waals surface area contributed by atoms with Crippen molar-refractivity contribution in [3.63, 3.8) is 0 Å². The normalized spacial score (nSPS) is 17.3. The summed E-state index contributed by atoms with van der Waals surface area (Å²) in [4.78, 5) is 16.1. The Morgan fingerprint density at radius 3 is 2.40 bits per heavy atom. The third-order valence-corrected chi connectivity index (χ3v) is 8.21. The van der Waals surface area contributed by atoms with Crippen molar-refractivity contribution < 1.29 is 17.9 Å². The van der Waals surface area contributed by atoms with Crippen LogP contribution in [0, 0.1) is 13.8 Å². The van der Waals surface area contributed by atoms with E-state index in [1.165, 1.54) is 4.31 Å². The summed E-state index contributed by atoms with van der Waals surface area (Å²) in [6.45, 7) is 11.4. The molecule has 1 atom stereocenters. The summed E-state index contributed by atoms with van der Waals surface area (Å²) in [7, 11) is -3.90. The molecule has 4 rings (SSSR count). The van der Waals surface area contributed by atoms with Gasteiger partial charge >= 0.3 is 0 Å². The summed E-state index contributed by atoms with van der Waals surface area (Å²) in [6, 6.07) is 12.7. The molecule has 0 amide bonds. The number of aromatic amines is 1. The lowest BCUT2D eigenvalue weighted by atomic mass is 9.87. The maximum absolute atomic E-state index is 13.8. The lowest BCUT2D eigenvalue weighted by Gasteiger charge is -2.29. The predicted octanol–water partition coefficient (Wildman–Crippen LogP) is 4.05. The van der Waals surface area contributed by atoms with Gasteiger partial charge in [-0.15, -0.1) is 0 Å². The van der Waals surface area contributed by atoms with Crippen LogP contribution in [0.4, 0.5) is 0 Å². The molecular formula is C27H34N2O5S. The molecule has 1 unspecified atom stereocenters. The van der Waals surface area contributed by atoms with Crippen LogP contribution in [0.1, 0.15) is 43.0 Å². The van der Waals surface area contributed by atoms with Crippen molar-refractivity contribution in [3.05, 3.63) is 75.1 Å². The largest absolute Gasteiger partial charge is 0.376 e. The average Bonchev–Trinajstić information content (AvgIpc) is 2.79. The summed E-state index contributed by atoms with van der Waals surface area (Å²) in [5, 5.41) is 0.898. The van der Waals surface area contributed by atoms with Gasteiger partial charge in [0, 0.05) is 29.6 Å². The highest BCUT2D eigenvalue weighted by Gasteiger charge is 2.30. The second-order valence-electron chi connectivity index (χ2n) is 10.3. The van der Waals surface area contributed by atoms with E-state index in [2.05, 4.69) is 25.8 Å². The molecular weight excluding hydrogens is 464 g/mol. The number of fused-ring (bicyclic) bond motifs is 1. The smallest absolute Gasteiger partial charge is 0.252 e. The highest BCUT2D eigenvalue weighted by Crippen LogP contribution is 2.26. The second-order valence-corrected chi connectivity index (χ2v) is 12.2. The molecule has 3 aromatic rings. The van der Waals surface area contributed by atoms with Crippen LogP contribution in [-0.4, -0.2) is 50.2 Å². The molecule has 0 saturated carbocycles. The van der Waals surface area contributed by atoms with Crippen molar-refractivity contribution in [2.45, 2.75) is 57.6 Å². The quantitative estimate of drug-likeness (QED) is 0.554. The van der Waals surface area contributed by atoms with Crippen LogP contribution in [-0.2, 0) is 31.5 Å². The standard InChI is InChI=1S/C27H34N2O5S/c1-18-12-19(2)24-14-20(26(30)28-25(24)13-18)15-29(16-22-17-33-10-11-34-22)35(31,32)23-8-6-21(7-9-23)27(3,4)5/h6-9,12-14,22H,10-11,15-17H2,1-5H3,(H,28,30). The number of nitrogens with one attached hydrogen (secondary N) is 1. The van der Waals surface area contributed by atoms with Gasteiger partial charge in [0.05, 0.1) is 30.8 Å². The third kappa shape index (κ3) is 5.67. The topological polar surface area (TPSA) is 88.7 Å². The fourth-order valence-electron chi connectivity index (χ4n) is 4.42. The molecule has 2 heterocycles. The van der Waals surface area contributed by atoms with E-state index in [0.717, 1.165) is 27.6 Å². The molecule has 1 aliphatic rings. The van der Waals surface area contributed by atoms with Crippen LogP contribution in [0.2, 0.25) is 0 Å². The Labute approximate surface area is 207 Å². The zero-order chi connectivity index (χ0) is 25.4. The molecule has 188 valence electrons. The number of pyridine rings is 1. The Kier molecular flexibility index (Phi) is 7.20. The fraction of sp³-hybridized carbons (Fsp3) is 0.444. The van der Waals surface area contributed by atoms with Gasteiger partial charge in [0.25, 0.3) is 5.56 Å². The van der Waals surface area contributed by atoms with Gasteiger partial charge in [0.2, 0.25) is 10.0 Å². The van der Waals surface area contributed by atoms with Crippen molar-refractivity contribution in [1.82, 2.24) is 9.29 Å². The van der Waals surface area contributed by atoms with Gasteiger partial charge in [-0.25, -0.2) is 8.42 Å². The zero-order valence-electron chi connectivity index (χ0n) is 21.1. The van der Waals surface area contributed by atoms with Crippen molar-refractivity contribution in [2.24, 2.45) is 0 Å². The summed E-state index contributed by atoms with van der Waals surface area (Å²) < 4.78 is 40.1. The lowest BCUT2D eigenvalue weighted by Crippen LogP contribution is -2.43. The van der Waals surface area contributed by atoms with Crippen molar-refractivity contribution in [2.75, 3.05) is 26.4 Å². The number of sulfonamides is 1. The van der Waals surface area contributed by atoms with E-state index in [4.69, 9.17) is 9.47 Å². The fourth-order valence-corrected chi connectivity index (χ4v) is 5.87. The van der Waals surface area contributed by atoms with E-state index in [0.29, 0.717) is 25.4 Å². The molecule has 1 aromatic heterocycles. The third-order valence-electron chi connectivity index (χ3n) is 6.39. The number of H-pyrrole nitrogens is 1. The van der Waals surface area contributed by atoms with Gasteiger partial charge in [-0.3, -0.25) is 4.79 Å². The first-order chi connectivity index (χ1) is 16.4. The number of hydrogen-bond donors (Lipinski definition) is 1. The first kappa shape index (κ1) is 25.6. The lowest BCUT2D eigenvalue weighted by molar-refractivity contribution is -0.0923. The minimum absolute atomic E-state index is 0.0677. The molecule has 1 fully saturated rings. The Bertz CT molecular complexity index is 1370. The molecule has 0 radical (unpaired) electrons. The van der Waals surface area contributed by atoms with Gasteiger partial charge in [0.15, 0.2) is 0 Å². The van der Waals surface area contributed by atoms with Crippen LogP contribution in [0.5, 0.6) is 0 Å². The van der Waals surface area contributed by atoms with Crippen LogP contribution >= 0.6 is 0 Å². The highest BCUT2D eigenvalue weighted by atomic mass is 32.2. The van der Waals surface area contributed by atoms with Gasteiger partial charge < -0.3 is 14.5 Å². The second kappa shape index (κ2) is 9.85. The van der Waals surface area contributed by atoms with Gasteiger partial charge in [-0.2, -0.15) is 4.31 Å². The molecule has 0 aliphatic carbocycles. The average molecular weight is 499 g/mol. The molecule has 35 heavy (non-hydrogen) atoms. The van der Waals surface area contributed by atoms with Gasteiger partial charge in [-0.1, -0.05) is 39.0 Å². The Hall–Kier alpha value is -2.52. The zero-order valence-corrected chi connectivity index (χ0v) is 21.9. The predicted molar refractivity (Wildman–Crippen MR) is 137 cm³/mol. The number of benzene rings is 2. The molecule has 0 bridgehead atoms. The van der Waals surface area contributed by atoms with E-state index < -0.39 is 16.1 Å². The first-order valence-electron chi connectivity index (χ1n) is 11.9. The summed E-state index contributed by atoms with van der Waals surface area (Å²) in [5.74, 6) is 0. The van der Waals surface area contributed by atoms with Crippen LogP contribution in [0.15, 0.2) is 52.2 Å². The van der Waals surface area contributed by atoms with E-state index in [9.17, 15) is 13.2 Å². The van der Waals surface area contributed by atoms with E-state index in [-0.39, 0.29) is 29.0 Å².